The van der Waals surface area contributed by atoms with E-state index in [1.165, 1.54) is 22.4 Å². The number of aromatic nitrogens is 1. The second kappa shape index (κ2) is 8.39. The largest absolute Gasteiger partial charge is 0.390 e. The number of hydrogen-bond acceptors (Lipinski definition) is 3. The van der Waals surface area contributed by atoms with Gasteiger partial charge in [0.25, 0.3) is 0 Å². The van der Waals surface area contributed by atoms with E-state index in [1.807, 2.05) is 13.2 Å². The van der Waals surface area contributed by atoms with Gasteiger partial charge in [0.1, 0.15) is 0 Å². The van der Waals surface area contributed by atoms with Crippen LogP contribution in [-0.2, 0) is 13.0 Å². The minimum Gasteiger partial charge on any atom is -0.390 e. The number of nitrogens with zero attached hydrogens (tertiary/aromatic N) is 2. The Morgan fingerprint density at radius 1 is 1.46 bits per heavy atom. The van der Waals surface area contributed by atoms with Crippen LogP contribution in [-0.4, -0.2) is 23.5 Å². The lowest BCUT2D eigenvalue weighted by Gasteiger charge is -2.20. The standard InChI is InChI=1S/C20H28ClN3/c1-6-8-20(22-5)18(21)11-14(3)12-24-13-17-16(15(24)4)9-10-23-19(17)7-2/h9-11,22H,4,6-8,12-13H2,1-3,5H3/b14-11+,20-18+. The summed E-state index contributed by atoms with van der Waals surface area (Å²) in [5, 5.41) is 4.00. The first-order valence-corrected chi connectivity index (χ1v) is 9.04. The third-order valence-corrected chi connectivity index (χ3v) is 4.76. The SMILES string of the molecule is C=C1c2ccnc(CC)c2CN1C/C(C)=C/C(Cl)=C(/CCC)NC. The van der Waals surface area contributed by atoms with Crippen molar-refractivity contribution in [2.75, 3.05) is 13.6 Å². The normalized spacial score (nSPS) is 15.5. The van der Waals surface area contributed by atoms with E-state index < -0.39 is 0 Å². The fourth-order valence-corrected chi connectivity index (χ4v) is 3.53. The number of allylic oxidation sites excluding steroid dienone is 3. The van der Waals surface area contributed by atoms with Crippen LogP contribution in [0.25, 0.3) is 5.70 Å². The molecular weight excluding hydrogens is 318 g/mol. The number of aryl methyl sites for hydroxylation is 1. The molecule has 0 unspecified atom stereocenters. The molecule has 0 atom stereocenters. The first-order chi connectivity index (χ1) is 11.5. The van der Waals surface area contributed by atoms with Crippen molar-refractivity contribution in [3.05, 3.63) is 58.0 Å². The molecule has 1 aromatic rings. The van der Waals surface area contributed by atoms with Gasteiger partial charge in [-0.2, -0.15) is 0 Å². The summed E-state index contributed by atoms with van der Waals surface area (Å²) in [5.74, 6) is 0. The summed E-state index contributed by atoms with van der Waals surface area (Å²) in [4.78, 5) is 6.81. The second-order valence-electron chi connectivity index (χ2n) is 6.26. The highest BCUT2D eigenvalue weighted by atomic mass is 35.5. The summed E-state index contributed by atoms with van der Waals surface area (Å²) in [5.41, 5.74) is 7.14. The van der Waals surface area contributed by atoms with Crippen molar-refractivity contribution in [3.63, 3.8) is 0 Å². The van der Waals surface area contributed by atoms with Crippen LogP contribution in [0, 0.1) is 0 Å². The van der Waals surface area contributed by atoms with Crippen molar-refractivity contribution in [2.24, 2.45) is 0 Å². The fraction of sp³-hybridized carbons (Fsp3) is 0.450. The van der Waals surface area contributed by atoms with Gasteiger partial charge in [-0.3, -0.25) is 4.98 Å². The highest BCUT2D eigenvalue weighted by molar-refractivity contribution is 6.31. The maximum absolute atomic E-state index is 6.47. The van der Waals surface area contributed by atoms with E-state index in [9.17, 15) is 0 Å². The summed E-state index contributed by atoms with van der Waals surface area (Å²) in [7, 11) is 1.93. The van der Waals surface area contributed by atoms with Crippen molar-refractivity contribution in [1.29, 1.82) is 0 Å². The zero-order valence-electron chi connectivity index (χ0n) is 15.2. The Hall–Kier alpha value is -1.74. The Balaban J connectivity index is 2.15. The summed E-state index contributed by atoms with van der Waals surface area (Å²) < 4.78 is 0. The molecule has 3 nitrogen and oxygen atoms in total. The average molecular weight is 346 g/mol. The number of pyridine rings is 1. The van der Waals surface area contributed by atoms with Crippen LogP contribution in [0.4, 0.5) is 0 Å². The van der Waals surface area contributed by atoms with Crippen LogP contribution in [0.2, 0.25) is 0 Å². The van der Waals surface area contributed by atoms with Gasteiger partial charge in [-0.15, -0.1) is 0 Å². The molecule has 0 aromatic carbocycles. The first-order valence-electron chi connectivity index (χ1n) is 8.66. The zero-order valence-corrected chi connectivity index (χ0v) is 16.0. The molecule has 1 aromatic heterocycles. The number of fused-ring (bicyclic) bond motifs is 1. The quantitative estimate of drug-likeness (QED) is 0.716. The monoisotopic (exact) mass is 345 g/mol. The molecule has 0 saturated heterocycles. The van der Waals surface area contributed by atoms with E-state index in [0.29, 0.717) is 0 Å². The van der Waals surface area contributed by atoms with E-state index in [4.69, 9.17) is 11.6 Å². The van der Waals surface area contributed by atoms with Crippen molar-refractivity contribution < 1.29 is 0 Å². The van der Waals surface area contributed by atoms with Crippen LogP contribution < -0.4 is 5.32 Å². The topological polar surface area (TPSA) is 28.2 Å². The van der Waals surface area contributed by atoms with Crippen LogP contribution in [0.3, 0.4) is 0 Å². The predicted molar refractivity (Wildman–Crippen MR) is 104 cm³/mol. The van der Waals surface area contributed by atoms with Gasteiger partial charge in [-0.1, -0.05) is 44.0 Å². The second-order valence-corrected chi connectivity index (χ2v) is 6.66. The molecule has 0 fully saturated rings. The van der Waals surface area contributed by atoms with Gasteiger partial charge in [0.05, 0.1) is 5.03 Å². The molecule has 2 rings (SSSR count). The minimum absolute atomic E-state index is 0.801. The van der Waals surface area contributed by atoms with Gasteiger partial charge in [0.2, 0.25) is 0 Å². The molecule has 0 spiro atoms. The highest BCUT2D eigenvalue weighted by Crippen LogP contribution is 2.33. The molecule has 1 aliphatic heterocycles. The Labute approximate surface area is 151 Å². The molecule has 0 bridgehead atoms. The third kappa shape index (κ3) is 4.02. The molecule has 2 heterocycles. The Morgan fingerprint density at radius 2 is 2.21 bits per heavy atom. The molecule has 0 radical (unpaired) electrons. The number of halogens is 1. The van der Waals surface area contributed by atoms with Gasteiger partial charge in [0, 0.05) is 54.5 Å². The maximum atomic E-state index is 6.47. The zero-order chi connectivity index (χ0) is 17.7. The number of hydrogen-bond donors (Lipinski definition) is 1. The van der Waals surface area contributed by atoms with Crippen molar-refractivity contribution in [3.8, 4) is 0 Å². The van der Waals surface area contributed by atoms with E-state index in [2.05, 4.69) is 54.7 Å². The Bertz CT molecular complexity index is 673. The molecule has 130 valence electrons. The Morgan fingerprint density at radius 3 is 2.83 bits per heavy atom. The van der Waals surface area contributed by atoms with Crippen LogP contribution in [0.5, 0.6) is 0 Å². The molecule has 0 aliphatic carbocycles. The third-order valence-electron chi connectivity index (χ3n) is 4.42. The molecule has 0 saturated carbocycles. The van der Waals surface area contributed by atoms with Gasteiger partial charge in [-0.25, -0.2) is 0 Å². The van der Waals surface area contributed by atoms with Crippen molar-refractivity contribution in [1.82, 2.24) is 15.2 Å². The lowest BCUT2D eigenvalue weighted by atomic mass is 10.1. The van der Waals surface area contributed by atoms with Gasteiger partial charge in [-0.05, 0) is 31.9 Å². The predicted octanol–water partition coefficient (Wildman–Crippen LogP) is 4.85. The van der Waals surface area contributed by atoms with E-state index in [-0.39, 0.29) is 0 Å². The maximum Gasteiger partial charge on any atom is 0.0595 e. The summed E-state index contributed by atoms with van der Waals surface area (Å²) in [6.07, 6.45) is 6.95. The number of rotatable bonds is 7. The van der Waals surface area contributed by atoms with Crippen LogP contribution in [0.1, 0.15) is 50.4 Å². The van der Waals surface area contributed by atoms with Crippen molar-refractivity contribution in [2.45, 2.75) is 46.6 Å². The minimum atomic E-state index is 0.801. The van der Waals surface area contributed by atoms with Gasteiger partial charge < -0.3 is 10.2 Å². The summed E-state index contributed by atoms with van der Waals surface area (Å²) in [6, 6.07) is 2.07. The fourth-order valence-electron chi connectivity index (χ4n) is 3.16. The molecule has 0 amide bonds. The molecule has 24 heavy (non-hydrogen) atoms. The van der Waals surface area contributed by atoms with Crippen LogP contribution >= 0.6 is 11.6 Å². The van der Waals surface area contributed by atoms with E-state index in [1.54, 1.807) is 0 Å². The van der Waals surface area contributed by atoms with Crippen LogP contribution in [0.15, 0.2) is 41.2 Å². The summed E-state index contributed by atoms with van der Waals surface area (Å²) in [6.45, 7) is 12.4. The molecule has 1 N–H and O–H groups in total. The molecule has 1 aliphatic rings. The van der Waals surface area contributed by atoms with Crippen molar-refractivity contribution >= 4 is 17.3 Å². The first kappa shape index (κ1) is 18.6. The molecular formula is C20H28ClN3. The lowest BCUT2D eigenvalue weighted by Crippen LogP contribution is -2.17. The summed E-state index contributed by atoms with van der Waals surface area (Å²) >= 11 is 6.47. The highest BCUT2D eigenvalue weighted by Gasteiger charge is 2.24. The lowest BCUT2D eigenvalue weighted by molar-refractivity contribution is 0.443. The van der Waals surface area contributed by atoms with Gasteiger partial charge in [0.15, 0.2) is 0 Å². The van der Waals surface area contributed by atoms with E-state index >= 15 is 0 Å². The average Bonchev–Trinajstić information content (AvgIpc) is 2.88. The van der Waals surface area contributed by atoms with E-state index in [0.717, 1.165) is 48.8 Å². The molecule has 4 heteroatoms. The van der Waals surface area contributed by atoms with Gasteiger partial charge >= 0.3 is 0 Å². The smallest absolute Gasteiger partial charge is 0.0595 e. The number of nitrogens with one attached hydrogen (secondary N) is 1. The Kier molecular flexibility index (Phi) is 6.50.